The van der Waals surface area contributed by atoms with E-state index in [0.29, 0.717) is 23.1 Å². The van der Waals surface area contributed by atoms with Crippen LogP contribution in [-0.4, -0.2) is 26.0 Å². The van der Waals surface area contributed by atoms with E-state index in [-0.39, 0.29) is 22.7 Å². The predicted molar refractivity (Wildman–Crippen MR) is 111 cm³/mol. The molecule has 0 spiro atoms. The highest BCUT2D eigenvalue weighted by Gasteiger charge is 2.32. The molecular weight excluding hydrogens is 405 g/mol. The number of aromatic amines is 1. The third-order valence-electron chi connectivity index (χ3n) is 6.00. The van der Waals surface area contributed by atoms with Crippen LogP contribution in [0.2, 0.25) is 0 Å². The van der Waals surface area contributed by atoms with E-state index in [1.807, 2.05) is 6.07 Å². The molecule has 1 fully saturated rings. The maximum atomic E-state index is 13.2. The molecule has 0 radical (unpaired) electrons. The molecule has 0 bridgehead atoms. The Morgan fingerprint density at radius 2 is 2.00 bits per heavy atom. The molecule has 6 nitrogen and oxygen atoms in total. The minimum Gasteiger partial charge on any atom is -0.351 e. The van der Waals surface area contributed by atoms with E-state index >= 15 is 0 Å². The Kier molecular flexibility index (Phi) is 5.81. The first kappa shape index (κ1) is 21.1. The van der Waals surface area contributed by atoms with Gasteiger partial charge in [0, 0.05) is 29.4 Å². The molecule has 3 aromatic rings. The van der Waals surface area contributed by atoms with Gasteiger partial charge >= 0.3 is 6.18 Å². The number of pyridine rings is 1. The van der Waals surface area contributed by atoms with Crippen molar-refractivity contribution in [2.24, 2.45) is 5.92 Å². The fourth-order valence-corrected chi connectivity index (χ4v) is 4.35. The van der Waals surface area contributed by atoms with Crippen molar-refractivity contribution >= 4 is 17.0 Å². The van der Waals surface area contributed by atoms with E-state index in [1.54, 1.807) is 0 Å². The Morgan fingerprint density at radius 3 is 2.68 bits per heavy atom. The van der Waals surface area contributed by atoms with Gasteiger partial charge in [-0.1, -0.05) is 26.2 Å². The van der Waals surface area contributed by atoms with Crippen LogP contribution in [0.15, 0.2) is 24.7 Å². The summed E-state index contributed by atoms with van der Waals surface area (Å²) in [7, 11) is 0. The van der Waals surface area contributed by atoms with Gasteiger partial charge in [-0.3, -0.25) is 0 Å². The smallest absolute Gasteiger partial charge is 0.351 e. The molecule has 0 unspecified atom stereocenters. The zero-order valence-corrected chi connectivity index (χ0v) is 17.1. The van der Waals surface area contributed by atoms with Gasteiger partial charge in [-0.05, 0) is 31.2 Å². The fourth-order valence-electron chi connectivity index (χ4n) is 4.35. The van der Waals surface area contributed by atoms with Gasteiger partial charge in [-0.2, -0.15) is 18.4 Å². The van der Waals surface area contributed by atoms with Gasteiger partial charge in [0.05, 0.1) is 23.0 Å². The van der Waals surface area contributed by atoms with E-state index in [4.69, 9.17) is 0 Å². The monoisotopic (exact) mass is 428 g/mol. The second-order valence-electron chi connectivity index (χ2n) is 7.95. The van der Waals surface area contributed by atoms with Crippen molar-refractivity contribution in [2.45, 2.75) is 57.7 Å². The third-order valence-corrected chi connectivity index (χ3v) is 6.00. The maximum absolute atomic E-state index is 13.2. The number of aromatic nitrogens is 4. The van der Waals surface area contributed by atoms with Gasteiger partial charge in [0.25, 0.3) is 0 Å². The van der Waals surface area contributed by atoms with Crippen molar-refractivity contribution in [2.75, 3.05) is 5.32 Å². The molecule has 0 saturated heterocycles. The lowest BCUT2D eigenvalue weighted by molar-refractivity contribution is -0.137. The highest BCUT2D eigenvalue weighted by atomic mass is 19.4. The fraction of sp³-hybridized carbons (Fsp3) is 0.455. The lowest BCUT2D eigenvalue weighted by Crippen LogP contribution is -2.31. The van der Waals surface area contributed by atoms with Gasteiger partial charge in [0.2, 0.25) is 5.95 Å². The molecule has 9 heteroatoms. The number of H-pyrrole nitrogens is 1. The normalized spacial score (nSPS) is 16.2. The van der Waals surface area contributed by atoms with Gasteiger partial charge in [-0.25, -0.2) is 15.0 Å². The van der Waals surface area contributed by atoms with Crippen molar-refractivity contribution in [3.05, 3.63) is 35.8 Å². The summed E-state index contributed by atoms with van der Waals surface area (Å²) in [5.74, 6) is 0.911. The highest BCUT2D eigenvalue weighted by Crippen LogP contribution is 2.35. The molecule has 2 N–H and O–H groups in total. The summed E-state index contributed by atoms with van der Waals surface area (Å²) in [5, 5.41) is 13.2. The average molecular weight is 428 g/mol. The van der Waals surface area contributed by atoms with E-state index in [1.165, 1.54) is 31.7 Å². The second kappa shape index (κ2) is 8.53. The first-order chi connectivity index (χ1) is 14.9. The van der Waals surface area contributed by atoms with Crippen LogP contribution in [0.4, 0.5) is 19.1 Å². The molecule has 4 rings (SSSR count). The number of nitrogens with one attached hydrogen (secondary N) is 2. The van der Waals surface area contributed by atoms with Gasteiger partial charge in [0.15, 0.2) is 0 Å². The molecule has 3 aromatic heterocycles. The summed E-state index contributed by atoms with van der Waals surface area (Å²) >= 11 is 0. The zero-order chi connectivity index (χ0) is 22.0. The molecule has 1 aliphatic rings. The number of halogens is 3. The number of alkyl halides is 3. The number of hydrogen-bond donors (Lipinski definition) is 2. The van der Waals surface area contributed by atoms with E-state index in [0.717, 1.165) is 31.5 Å². The molecule has 31 heavy (non-hydrogen) atoms. The van der Waals surface area contributed by atoms with Crippen molar-refractivity contribution in [1.29, 1.82) is 5.26 Å². The zero-order valence-electron chi connectivity index (χ0n) is 17.1. The first-order valence-electron chi connectivity index (χ1n) is 10.5. The highest BCUT2D eigenvalue weighted by molar-refractivity contribution is 5.94. The SMILES string of the molecule is CC[C@@H](Nc1ncc(C#N)c(-c2c[nH]c3ncc(C(F)(F)F)cc23)n1)C1CCCCC1. The third kappa shape index (κ3) is 4.33. The summed E-state index contributed by atoms with van der Waals surface area (Å²) in [6.45, 7) is 2.11. The Labute approximate surface area is 177 Å². The molecule has 1 saturated carbocycles. The Morgan fingerprint density at radius 1 is 1.23 bits per heavy atom. The van der Waals surface area contributed by atoms with Crippen LogP contribution in [0.25, 0.3) is 22.3 Å². The van der Waals surface area contributed by atoms with Gasteiger partial charge < -0.3 is 10.3 Å². The quantitative estimate of drug-likeness (QED) is 0.546. The lowest BCUT2D eigenvalue weighted by Gasteiger charge is -2.30. The number of fused-ring (bicyclic) bond motifs is 1. The largest absolute Gasteiger partial charge is 0.417 e. The van der Waals surface area contributed by atoms with Crippen LogP contribution in [0.1, 0.15) is 56.6 Å². The Hall–Kier alpha value is -3.15. The van der Waals surface area contributed by atoms with Crippen molar-refractivity contribution in [3.63, 3.8) is 0 Å². The number of rotatable bonds is 5. The Bertz CT molecular complexity index is 1110. The summed E-state index contributed by atoms with van der Waals surface area (Å²) in [6.07, 6.45) is 6.14. The number of anilines is 1. The van der Waals surface area contributed by atoms with Crippen LogP contribution in [-0.2, 0) is 6.18 Å². The van der Waals surface area contributed by atoms with Crippen molar-refractivity contribution in [1.82, 2.24) is 19.9 Å². The van der Waals surface area contributed by atoms with Crippen LogP contribution in [0.5, 0.6) is 0 Å². The molecule has 0 aromatic carbocycles. The number of hydrogen-bond acceptors (Lipinski definition) is 5. The van der Waals surface area contributed by atoms with Crippen molar-refractivity contribution in [3.8, 4) is 17.3 Å². The molecule has 1 atom stereocenters. The first-order valence-corrected chi connectivity index (χ1v) is 10.5. The minimum atomic E-state index is -4.51. The second-order valence-corrected chi connectivity index (χ2v) is 7.95. The summed E-state index contributed by atoms with van der Waals surface area (Å²) < 4.78 is 39.6. The lowest BCUT2D eigenvalue weighted by atomic mass is 9.83. The molecule has 0 amide bonds. The van der Waals surface area contributed by atoms with Crippen LogP contribution >= 0.6 is 0 Å². The minimum absolute atomic E-state index is 0.189. The van der Waals surface area contributed by atoms with E-state index < -0.39 is 11.7 Å². The topological polar surface area (TPSA) is 90.3 Å². The van der Waals surface area contributed by atoms with Crippen molar-refractivity contribution < 1.29 is 13.2 Å². The van der Waals surface area contributed by atoms with Crippen LogP contribution in [0.3, 0.4) is 0 Å². The predicted octanol–water partition coefficient (Wildman–Crippen LogP) is 5.68. The number of nitrogens with zero attached hydrogens (tertiary/aromatic N) is 4. The summed E-state index contributed by atoms with van der Waals surface area (Å²) in [6, 6.07) is 3.28. The molecule has 162 valence electrons. The van der Waals surface area contributed by atoms with E-state index in [2.05, 4.69) is 32.2 Å². The Balaban J connectivity index is 1.72. The molecule has 1 aliphatic carbocycles. The number of nitriles is 1. The standard InChI is InChI=1S/C22H23F3N6/c1-2-18(13-6-4-3-5-7-13)30-21-29-10-14(9-26)19(31-21)17-12-28-20-16(17)8-15(11-27-20)22(23,24)25/h8,10-13,18H,2-7H2,1H3,(H,27,28)(H,29,30,31)/t18-/m1/s1. The summed E-state index contributed by atoms with van der Waals surface area (Å²) in [4.78, 5) is 15.6. The summed E-state index contributed by atoms with van der Waals surface area (Å²) in [5.41, 5.74) is 0.311. The van der Waals surface area contributed by atoms with E-state index in [9.17, 15) is 18.4 Å². The van der Waals surface area contributed by atoms with Gasteiger partial charge in [-0.15, -0.1) is 0 Å². The maximum Gasteiger partial charge on any atom is 0.417 e. The molecule has 0 aliphatic heterocycles. The van der Waals surface area contributed by atoms with Crippen LogP contribution < -0.4 is 5.32 Å². The average Bonchev–Trinajstić information content (AvgIpc) is 3.20. The van der Waals surface area contributed by atoms with Crippen LogP contribution in [0, 0.1) is 17.2 Å². The molecular formula is C22H23F3N6. The molecule has 3 heterocycles. The van der Waals surface area contributed by atoms with Gasteiger partial charge in [0.1, 0.15) is 11.7 Å².